The van der Waals surface area contributed by atoms with Crippen molar-refractivity contribution in [3.63, 3.8) is 0 Å². The molecule has 124 valence electrons. The fourth-order valence-corrected chi connectivity index (χ4v) is 3.01. The number of rotatable bonds is 6. The molecule has 0 unspecified atom stereocenters. The molecule has 0 aromatic carbocycles. The molecule has 2 N–H and O–H groups in total. The summed E-state index contributed by atoms with van der Waals surface area (Å²) in [6, 6.07) is 0. The fraction of sp³-hybridized carbons (Fsp3) is 0.600. The summed E-state index contributed by atoms with van der Waals surface area (Å²) in [7, 11) is 0. The second-order valence-corrected chi connectivity index (χ2v) is 5.88. The normalized spacial score (nSPS) is 16.0. The van der Waals surface area contributed by atoms with Crippen LogP contribution in [-0.2, 0) is 17.8 Å². The van der Waals surface area contributed by atoms with Crippen LogP contribution in [0.3, 0.4) is 0 Å². The Morgan fingerprint density at radius 2 is 2.22 bits per heavy atom. The first-order chi connectivity index (χ1) is 11.2. The lowest BCUT2D eigenvalue weighted by Crippen LogP contribution is -2.34. The van der Waals surface area contributed by atoms with Crippen molar-refractivity contribution in [1.82, 2.24) is 19.7 Å². The number of piperidine rings is 1. The van der Waals surface area contributed by atoms with Gasteiger partial charge in [-0.05, 0) is 24.4 Å². The van der Waals surface area contributed by atoms with E-state index in [-0.39, 0.29) is 12.5 Å². The molecular weight excluding hydrogens is 296 g/mol. The molecule has 0 bridgehead atoms. The molecule has 1 aliphatic rings. The predicted octanol–water partition coefficient (Wildman–Crippen LogP) is 1.09. The number of imidazole rings is 1. The van der Waals surface area contributed by atoms with Crippen LogP contribution in [0.15, 0.2) is 16.9 Å². The summed E-state index contributed by atoms with van der Waals surface area (Å²) in [6.45, 7) is 3.96. The third-order valence-electron chi connectivity index (χ3n) is 4.14. The van der Waals surface area contributed by atoms with Crippen LogP contribution in [-0.4, -0.2) is 38.7 Å². The molecule has 0 saturated carbocycles. The molecule has 3 heterocycles. The maximum Gasteiger partial charge on any atom is 0.266 e. The van der Waals surface area contributed by atoms with E-state index >= 15 is 0 Å². The van der Waals surface area contributed by atoms with Crippen LogP contribution in [0.4, 0.5) is 5.95 Å². The van der Waals surface area contributed by atoms with Crippen molar-refractivity contribution in [3.05, 3.63) is 24.1 Å². The molecule has 23 heavy (non-hydrogen) atoms. The van der Waals surface area contributed by atoms with E-state index in [1.165, 1.54) is 0 Å². The van der Waals surface area contributed by atoms with Gasteiger partial charge in [-0.15, -0.1) is 0 Å². The number of aryl methyl sites for hydroxylation is 1. The van der Waals surface area contributed by atoms with Crippen LogP contribution < -0.4 is 10.6 Å². The van der Waals surface area contributed by atoms with Gasteiger partial charge < -0.3 is 19.7 Å². The number of amides is 1. The summed E-state index contributed by atoms with van der Waals surface area (Å²) in [5, 5.41) is 4.06. The van der Waals surface area contributed by atoms with E-state index in [1.54, 1.807) is 6.20 Å². The average molecular weight is 318 g/mol. The lowest BCUT2D eigenvalue weighted by molar-refractivity contribution is -0.118. The Hall–Kier alpha value is -2.38. The highest BCUT2D eigenvalue weighted by Crippen LogP contribution is 2.28. The number of aromatic nitrogens is 4. The zero-order chi connectivity index (χ0) is 16.2. The molecule has 2 aromatic heterocycles. The van der Waals surface area contributed by atoms with Crippen molar-refractivity contribution >= 4 is 11.9 Å². The number of nitrogens with two attached hydrogens (primary N) is 1. The van der Waals surface area contributed by atoms with Crippen LogP contribution in [0.25, 0.3) is 0 Å². The Kier molecular flexibility index (Phi) is 4.59. The molecule has 1 aliphatic heterocycles. The number of hydrogen-bond acceptors (Lipinski definition) is 6. The van der Waals surface area contributed by atoms with Crippen molar-refractivity contribution in [3.8, 4) is 0 Å². The Morgan fingerprint density at radius 1 is 1.43 bits per heavy atom. The number of carbonyl (C=O) groups excluding carboxylic acids is 1. The van der Waals surface area contributed by atoms with Crippen LogP contribution >= 0.6 is 0 Å². The van der Waals surface area contributed by atoms with Crippen LogP contribution in [0.1, 0.15) is 43.8 Å². The molecule has 3 rings (SSSR count). The van der Waals surface area contributed by atoms with Crippen molar-refractivity contribution in [2.75, 3.05) is 18.0 Å². The van der Waals surface area contributed by atoms with Gasteiger partial charge in [0, 0.05) is 37.8 Å². The Labute approximate surface area is 134 Å². The summed E-state index contributed by atoms with van der Waals surface area (Å²) in [6.07, 6.45) is 7.21. The van der Waals surface area contributed by atoms with Gasteiger partial charge in [-0.3, -0.25) is 4.79 Å². The zero-order valence-electron chi connectivity index (χ0n) is 13.3. The lowest BCUT2D eigenvalue weighted by Gasteiger charge is -2.30. The molecule has 0 atom stereocenters. The highest BCUT2D eigenvalue weighted by Gasteiger charge is 2.26. The van der Waals surface area contributed by atoms with Gasteiger partial charge in [-0.25, -0.2) is 4.98 Å². The minimum absolute atomic E-state index is 0.181. The summed E-state index contributed by atoms with van der Waals surface area (Å²) in [4.78, 5) is 22.1. The molecule has 8 nitrogen and oxygen atoms in total. The number of hydrogen-bond donors (Lipinski definition) is 1. The number of nitrogens with zero attached hydrogens (tertiary/aromatic N) is 5. The molecule has 1 fully saturated rings. The monoisotopic (exact) mass is 318 g/mol. The van der Waals surface area contributed by atoms with E-state index in [1.807, 2.05) is 10.8 Å². The van der Waals surface area contributed by atoms with Crippen LogP contribution in [0.2, 0.25) is 0 Å². The third-order valence-corrected chi connectivity index (χ3v) is 4.14. The van der Waals surface area contributed by atoms with Crippen LogP contribution in [0, 0.1) is 0 Å². The Bertz CT molecular complexity index is 656. The molecule has 0 aliphatic carbocycles. The predicted molar refractivity (Wildman–Crippen MR) is 83.9 cm³/mol. The third kappa shape index (κ3) is 3.52. The van der Waals surface area contributed by atoms with E-state index in [4.69, 9.17) is 10.3 Å². The van der Waals surface area contributed by atoms with Crippen molar-refractivity contribution in [1.29, 1.82) is 0 Å². The summed E-state index contributed by atoms with van der Waals surface area (Å²) >= 11 is 0. The maximum absolute atomic E-state index is 11.1. The van der Waals surface area contributed by atoms with E-state index in [0.717, 1.165) is 44.6 Å². The van der Waals surface area contributed by atoms with Gasteiger partial charge in [-0.2, -0.15) is 4.98 Å². The first-order valence-corrected chi connectivity index (χ1v) is 8.04. The molecular formula is C15H22N6O2. The van der Waals surface area contributed by atoms with Gasteiger partial charge in [0.15, 0.2) is 0 Å². The van der Waals surface area contributed by atoms with Crippen molar-refractivity contribution in [2.24, 2.45) is 5.73 Å². The van der Waals surface area contributed by atoms with E-state index in [0.29, 0.717) is 17.8 Å². The topological polar surface area (TPSA) is 103 Å². The van der Waals surface area contributed by atoms with Crippen molar-refractivity contribution < 1.29 is 9.32 Å². The minimum Gasteiger partial charge on any atom is -0.368 e. The molecule has 0 radical (unpaired) electrons. The Balaban J connectivity index is 1.62. The second-order valence-electron chi connectivity index (χ2n) is 5.88. The van der Waals surface area contributed by atoms with Gasteiger partial charge in [0.05, 0.1) is 0 Å². The lowest BCUT2D eigenvalue weighted by atomic mass is 9.96. The largest absolute Gasteiger partial charge is 0.368 e. The van der Waals surface area contributed by atoms with E-state index in [9.17, 15) is 4.79 Å². The van der Waals surface area contributed by atoms with Gasteiger partial charge in [0.2, 0.25) is 11.8 Å². The molecule has 0 spiro atoms. The average Bonchev–Trinajstić information content (AvgIpc) is 3.17. The standard InChI is InChI=1S/C15H22N6O2/c1-2-3-13-18-15(19-23-13)20-7-4-11(5-8-20)14-17-6-9-21(14)10-12(16)22/h6,9,11H,2-5,7-8,10H2,1H3,(H2,16,22). The van der Waals surface area contributed by atoms with E-state index < -0.39 is 0 Å². The van der Waals surface area contributed by atoms with Gasteiger partial charge in [0.1, 0.15) is 12.4 Å². The summed E-state index contributed by atoms with van der Waals surface area (Å²) < 4.78 is 7.09. The number of primary amides is 1. The highest BCUT2D eigenvalue weighted by atomic mass is 16.5. The molecule has 1 amide bonds. The number of carbonyl (C=O) groups is 1. The van der Waals surface area contributed by atoms with Crippen LogP contribution in [0.5, 0.6) is 0 Å². The van der Waals surface area contributed by atoms with Gasteiger partial charge in [0.25, 0.3) is 5.95 Å². The summed E-state index contributed by atoms with van der Waals surface area (Å²) in [5.74, 6) is 2.27. The molecule has 8 heteroatoms. The molecule has 2 aromatic rings. The van der Waals surface area contributed by atoms with Gasteiger partial charge in [-0.1, -0.05) is 6.92 Å². The van der Waals surface area contributed by atoms with Crippen molar-refractivity contribution in [2.45, 2.75) is 45.1 Å². The Morgan fingerprint density at radius 3 is 2.91 bits per heavy atom. The number of anilines is 1. The zero-order valence-corrected chi connectivity index (χ0v) is 13.3. The maximum atomic E-state index is 11.1. The molecule has 1 saturated heterocycles. The minimum atomic E-state index is -0.350. The highest BCUT2D eigenvalue weighted by molar-refractivity contribution is 5.73. The smallest absolute Gasteiger partial charge is 0.266 e. The SMILES string of the molecule is CCCc1nc(N2CCC(c3nccn3CC(N)=O)CC2)no1. The fourth-order valence-electron chi connectivity index (χ4n) is 3.01. The second kappa shape index (κ2) is 6.80. The summed E-state index contributed by atoms with van der Waals surface area (Å²) in [5.41, 5.74) is 5.28. The van der Waals surface area contributed by atoms with Gasteiger partial charge >= 0.3 is 0 Å². The first-order valence-electron chi connectivity index (χ1n) is 8.04. The van der Waals surface area contributed by atoms with E-state index in [2.05, 4.69) is 26.9 Å². The first kappa shape index (κ1) is 15.5. The quantitative estimate of drug-likeness (QED) is 0.855.